The Balaban J connectivity index is 3.40. The number of rotatable bonds is 9. The number of halogens is 1. The minimum Gasteiger partial charge on any atom is -0.463 e. The molecule has 0 aliphatic heterocycles. The number of nitrogens with zero attached hydrogens (tertiary/aromatic N) is 1. The van der Waals surface area contributed by atoms with Gasteiger partial charge in [-0.1, -0.05) is 12.1 Å². The summed E-state index contributed by atoms with van der Waals surface area (Å²) in [5.41, 5.74) is -3.45. The zero-order valence-electron chi connectivity index (χ0n) is 13.8. The van der Waals surface area contributed by atoms with E-state index in [0.29, 0.717) is 6.29 Å². The van der Waals surface area contributed by atoms with Crippen molar-refractivity contribution in [3.05, 3.63) is 39.9 Å². The van der Waals surface area contributed by atoms with Crippen LogP contribution in [0.3, 0.4) is 0 Å². The van der Waals surface area contributed by atoms with Gasteiger partial charge in [0.15, 0.2) is 0 Å². The zero-order chi connectivity index (χ0) is 19.0. The number of hydrogen-bond donors (Lipinski definition) is 0. The lowest BCUT2D eigenvalue weighted by molar-refractivity contribution is -0.384. The van der Waals surface area contributed by atoms with E-state index >= 15 is 4.39 Å². The van der Waals surface area contributed by atoms with Gasteiger partial charge < -0.3 is 14.3 Å². The highest BCUT2D eigenvalue weighted by Gasteiger charge is 2.56. The van der Waals surface area contributed by atoms with E-state index in [1.807, 2.05) is 0 Å². The third kappa shape index (κ3) is 4.37. The van der Waals surface area contributed by atoms with Crippen LogP contribution in [-0.2, 0) is 23.9 Å². The third-order valence-corrected chi connectivity index (χ3v) is 3.46. The Labute approximate surface area is 143 Å². The predicted octanol–water partition coefficient (Wildman–Crippen LogP) is 2.10. The molecule has 1 aromatic rings. The number of nitro groups is 1. The molecule has 0 fully saturated rings. The SMILES string of the molecule is CCOC(=O)C(F)(C(=O)OCC)[C@@H](CC=O)c1ccc([N+](=O)[O-])cc1. The molecule has 8 nitrogen and oxygen atoms in total. The van der Waals surface area contributed by atoms with Crippen LogP contribution < -0.4 is 0 Å². The van der Waals surface area contributed by atoms with E-state index in [2.05, 4.69) is 9.47 Å². The maximum absolute atomic E-state index is 15.5. The molecule has 0 radical (unpaired) electrons. The molecule has 25 heavy (non-hydrogen) atoms. The first-order valence-corrected chi connectivity index (χ1v) is 7.54. The van der Waals surface area contributed by atoms with Crippen molar-refractivity contribution in [1.82, 2.24) is 0 Å². The van der Waals surface area contributed by atoms with Gasteiger partial charge in [-0.15, -0.1) is 0 Å². The molecule has 0 heterocycles. The van der Waals surface area contributed by atoms with Crippen molar-refractivity contribution in [3.63, 3.8) is 0 Å². The van der Waals surface area contributed by atoms with Gasteiger partial charge in [-0.2, -0.15) is 0 Å². The maximum Gasteiger partial charge on any atom is 0.356 e. The number of alkyl halides is 1. The van der Waals surface area contributed by atoms with E-state index < -0.39 is 34.9 Å². The monoisotopic (exact) mass is 355 g/mol. The normalized spacial score (nSPS) is 12.1. The van der Waals surface area contributed by atoms with E-state index in [4.69, 9.17) is 0 Å². The van der Waals surface area contributed by atoms with Gasteiger partial charge in [0.25, 0.3) is 5.69 Å². The highest BCUT2D eigenvalue weighted by molar-refractivity contribution is 6.05. The molecule has 0 saturated heterocycles. The van der Waals surface area contributed by atoms with Crippen LogP contribution in [0, 0.1) is 10.1 Å². The van der Waals surface area contributed by atoms with Gasteiger partial charge >= 0.3 is 17.6 Å². The molecule has 0 amide bonds. The Morgan fingerprint density at radius 1 is 1.20 bits per heavy atom. The molecule has 0 bridgehead atoms. The predicted molar refractivity (Wildman–Crippen MR) is 83.6 cm³/mol. The molecule has 0 aliphatic carbocycles. The van der Waals surface area contributed by atoms with Crippen molar-refractivity contribution in [3.8, 4) is 0 Å². The molecule has 1 aromatic carbocycles. The Morgan fingerprint density at radius 3 is 2.04 bits per heavy atom. The molecule has 9 heteroatoms. The Kier molecular flexibility index (Phi) is 7.16. The summed E-state index contributed by atoms with van der Waals surface area (Å²) in [4.78, 5) is 45.3. The van der Waals surface area contributed by atoms with E-state index in [1.54, 1.807) is 0 Å². The molecule has 0 saturated carbocycles. The first-order valence-electron chi connectivity index (χ1n) is 7.54. The average molecular weight is 355 g/mol. The summed E-state index contributed by atoms with van der Waals surface area (Å²) in [6.07, 6.45) is -0.176. The molecular formula is C16H18FNO7. The van der Waals surface area contributed by atoms with Crippen molar-refractivity contribution in [2.24, 2.45) is 0 Å². The van der Waals surface area contributed by atoms with Gasteiger partial charge in [0.05, 0.1) is 18.1 Å². The smallest absolute Gasteiger partial charge is 0.356 e. The lowest BCUT2D eigenvalue weighted by Gasteiger charge is -2.28. The largest absolute Gasteiger partial charge is 0.463 e. The summed E-state index contributed by atoms with van der Waals surface area (Å²) < 4.78 is 24.8. The third-order valence-electron chi connectivity index (χ3n) is 3.46. The van der Waals surface area contributed by atoms with E-state index in [0.717, 1.165) is 12.1 Å². The van der Waals surface area contributed by atoms with Crippen molar-refractivity contribution in [2.75, 3.05) is 13.2 Å². The number of benzene rings is 1. The maximum atomic E-state index is 15.5. The first kappa shape index (κ1) is 20.2. The van der Waals surface area contributed by atoms with E-state index in [-0.39, 0.29) is 24.5 Å². The lowest BCUT2D eigenvalue weighted by atomic mass is 9.81. The summed E-state index contributed by atoms with van der Waals surface area (Å²) >= 11 is 0. The highest BCUT2D eigenvalue weighted by atomic mass is 19.1. The van der Waals surface area contributed by atoms with Crippen LogP contribution in [0.15, 0.2) is 24.3 Å². The van der Waals surface area contributed by atoms with Gasteiger partial charge in [-0.05, 0) is 19.4 Å². The van der Waals surface area contributed by atoms with Gasteiger partial charge in [0, 0.05) is 24.5 Å². The van der Waals surface area contributed by atoms with Crippen LogP contribution in [0.1, 0.15) is 31.7 Å². The van der Waals surface area contributed by atoms with Crippen LogP contribution in [-0.4, -0.2) is 42.0 Å². The quantitative estimate of drug-likeness (QED) is 0.219. The topological polar surface area (TPSA) is 113 Å². The standard InChI is InChI=1S/C16H18FNO7/c1-3-24-14(20)16(17,15(21)25-4-2)13(9-10-19)11-5-7-12(8-6-11)18(22)23/h5-8,10,13H,3-4,9H2,1-2H3/t13-/m0/s1. The fourth-order valence-electron chi connectivity index (χ4n) is 2.29. The van der Waals surface area contributed by atoms with Crippen LogP contribution in [0.5, 0.6) is 0 Å². The van der Waals surface area contributed by atoms with Gasteiger partial charge in [0.1, 0.15) is 6.29 Å². The first-order chi connectivity index (χ1) is 11.8. The number of hydrogen-bond acceptors (Lipinski definition) is 7. The minimum absolute atomic E-state index is 0.0568. The molecule has 0 spiro atoms. The van der Waals surface area contributed by atoms with Crippen molar-refractivity contribution >= 4 is 23.9 Å². The molecule has 0 N–H and O–H groups in total. The van der Waals surface area contributed by atoms with Crippen molar-refractivity contribution < 1.29 is 33.2 Å². The summed E-state index contributed by atoms with van der Waals surface area (Å²) in [6, 6.07) is 4.53. The number of non-ortho nitro benzene ring substituents is 1. The minimum atomic E-state index is -3.25. The van der Waals surface area contributed by atoms with Gasteiger partial charge in [0.2, 0.25) is 0 Å². The Bertz CT molecular complexity index is 626. The second-order valence-electron chi connectivity index (χ2n) is 4.96. The number of esters is 2. The second-order valence-corrected chi connectivity index (χ2v) is 4.96. The number of aldehydes is 1. The van der Waals surface area contributed by atoms with Crippen LogP contribution >= 0.6 is 0 Å². The molecule has 136 valence electrons. The van der Waals surface area contributed by atoms with Crippen LogP contribution in [0.25, 0.3) is 0 Å². The molecule has 0 aliphatic rings. The van der Waals surface area contributed by atoms with Gasteiger partial charge in [-0.25, -0.2) is 14.0 Å². The van der Waals surface area contributed by atoms with E-state index in [9.17, 15) is 24.5 Å². The summed E-state index contributed by atoms with van der Waals surface area (Å²) in [5.74, 6) is -4.48. The second kappa shape index (κ2) is 8.86. The zero-order valence-corrected chi connectivity index (χ0v) is 13.8. The lowest BCUT2D eigenvalue weighted by Crippen LogP contribution is -2.50. The Morgan fingerprint density at radius 2 is 1.68 bits per heavy atom. The molecule has 0 unspecified atom stereocenters. The van der Waals surface area contributed by atoms with E-state index in [1.165, 1.54) is 26.0 Å². The molecule has 0 aromatic heterocycles. The molecule has 1 atom stereocenters. The number of carbonyl (C=O) groups excluding carboxylic acids is 3. The summed E-state index contributed by atoms with van der Waals surface area (Å²) in [5, 5.41) is 10.7. The number of ether oxygens (including phenoxy) is 2. The number of carbonyl (C=O) groups is 3. The highest BCUT2D eigenvalue weighted by Crippen LogP contribution is 2.37. The van der Waals surface area contributed by atoms with Crippen LogP contribution in [0.2, 0.25) is 0 Å². The average Bonchev–Trinajstić information content (AvgIpc) is 2.59. The number of nitro benzene ring substituents is 1. The Hall–Kier alpha value is -2.84. The van der Waals surface area contributed by atoms with Crippen molar-refractivity contribution in [2.45, 2.75) is 31.9 Å². The summed E-state index contributed by atoms with van der Waals surface area (Å²) in [6.45, 7) is 2.50. The fourth-order valence-corrected chi connectivity index (χ4v) is 2.29. The van der Waals surface area contributed by atoms with Crippen molar-refractivity contribution in [1.29, 1.82) is 0 Å². The molecular weight excluding hydrogens is 337 g/mol. The fraction of sp³-hybridized carbons (Fsp3) is 0.438. The summed E-state index contributed by atoms with van der Waals surface area (Å²) in [7, 11) is 0. The van der Waals surface area contributed by atoms with Gasteiger partial charge in [-0.3, -0.25) is 10.1 Å². The van der Waals surface area contributed by atoms with Crippen LogP contribution in [0.4, 0.5) is 10.1 Å². The molecule has 1 rings (SSSR count).